The number of hydrogen-bond acceptors (Lipinski definition) is 6. The molecule has 25 heavy (non-hydrogen) atoms. The fraction of sp³-hybridized carbons (Fsp3) is 0.625. The minimum Gasteiger partial charge on any atom is -0.390 e. The molecule has 142 valence electrons. The average Bonchev–Trinajstić information content (AvgIpc) is 2.85. The number of ether oxygens (including phenoxy) is 2. The third-order valence-electron chi connectivity index (χ3n) is 4.33. The van der Waals surface area contributed by atoms with E-state index in [1.807, 2.05) is 0 Å². The molecule has 1 fully saturated rings. The minimum absolute atomic E-state index is 0.00614. The number of aliphatic hydroxyl groups is 2. The summed E-state index contributed by atoms with van der Waals surface area (Å²) in [5.41, 5.74) is -0.723. The van der Waals surface area contributed by atoms with Gasteiger partial charge in [0.15, 0.2) is 0 Å². The van der Waals surface area contributed by atoms with Gasteiger partial charge in [-0.2, -0.15) is 0 Å². The van der Waals surface area contributed by atoms with Crippen LogP contribution in [-0.4, -0.2) is 64.3 Å². The predicted octanol–water partition coefficient (Wildman–Crippen LogP) is 0.269. The normalized spacial score (nSPS) is 26.9. The summed E-state index contributed by atoms with van der Waals surface area (Å²) in [6, 6.07) is 4.50. The molecule has 1 aliphatic rings. The molecular formula is C16H24FNO6S. The monoisotopic (exact) mass is 377 g/mol. The van der Waals surface area contributed by atoms with Gasteiger partial charge in [0.2, 0.25) is 10.0 Å². The van der Waals surface area contributed by atoms with E-state index >= 15 is 0 Å². The maximum absolute atomic E-state index is 13.0. The van der Waals surface area contributed by atoms with Crippen LogP contribution in [0.1, 0.15) is 12.8 Å². The highest BCUT2D eigenvalue weighted by Gasteiger charge is 2.45. The molecule has 0 bridgehead atoms. The molecule has 0 spiro atoms. The van der Waals surface area contributed by atoms with E-state index in [-0.39, 0.29) is 30.9 Å². The number of halogens is 1. The number of hydrogen-bond donors (Lipinski definition) is 3. The van der Waals surface area contributed by atoms with Gasteiger partial charge in [-0.3, -0.25) is 0 Å². The smallest absolute Gasteiger partial charge is 0.240 e. The maximum Gasteiger partial charge on any atom is 0.240 e. The third kappa shape index (κ3) is 5.44. The third-order valence-corrected chi connectivity index (χ3v) is 5.75. The van der Waals surface area contributed by atoms with Crippen molar-refractivity contribution in [2.24, 2.45) is 5.41 Å². The topological polar surface area (TPSA) is 105 Å². The summed E-state index contributed by atoms with van der Waals surface area (Å²) in [5.74, 6) is -0.524. The highest BCUT2D eigenvalue weighted by molar-refractivity contribution is 7.89. The van der Waals surface area contributed by atoms with E-state index in [4.69, 9.17) is 9.47 Å². The first-order valence-electron chi connectivity index (χ1n) is 7.96. The second-order valence-corrected chi connectivity index (χ2v) is 8.13. The second-order valence-electron chi connectivity index (χ2n) is 6.37. The van der Waals surface area contributed by atoms with Gasteiger partial charge in [-0.1, -0.05) is 0 Å². The van der Waals surface area contributed by atoms with Gasteiger partial charge in [-0.25, -0.2) is 17.5 Å². The molecule has 0 saturated heterocycles. The molecule has 3 N–H and O–H groups in total. The molecule has 0 amide bonds. The number of rotatable bonds is 9. The summed E-state index contributed by atoms with van der Waals surface area (Å²) < 4.78 is 50.6. The molecule has 0 heterocycles. The summed E-state index contributed by atoms with van der Waals surface area (Å²) in [4.78, 5) is -0.0524. The van der Waals surface area contributed by atoms with Gasteiger partial charge in [0.25, 0.3) is 0 Å². The van der Waals surface area contributed by atoms with Crippen molar-refractivity contribution in [3.8, 4) is 0 Å². The van der Waals surface area contributed by atoms with Crippen LogP contribution in [-0.2, 0) is 19.5 Å². The van der Waals surface area contributed by atoms with Crippen LogP contribution in [0.5, 0.6) is 0 Å². The Bertz CT molecular complexity index is 641. The lowest BCUT2D eigenvalue weighted by molar-refractivity contribution is 0.0132. The first kappa shape index (κ1) is 20.2. The number of benzene rings is 1. The fourth-order valence-electron chi connectivity index (χ4n) is 2.93. The zero-order valence-corrected chi connectivity index (χ0v) is 14.8. The number of sulfonamides is 1. The van der Waals surface area contributed by atoms with E-state index in [2.05, 4.69) is 4.72 Å². The summed E-state index contributed by atoms with van der Waals surface area (Å²) in [7, 11) is -2.29. The van der Waals surface area contributed by atoms with Gasteiger partial charge in [0.05, 0.1) is 36.9 Å². The first-order valence-corrected chi connectivity index (χ1v) is 9.44. The van der Waals surface area contributed by atoms with Crippen LogP contribution in [0.15, 0.2) is 29.2 Å². The van der Waals surface area contributed by atoms with Crippen molar-refractivity contribution >= 4 is 10.0 Å². The SMILES string of the molecule is COCCOCC1(CNS(=O)(=O)c2ccc(F)cc2)C[C@@H](O)[C@@H](O)C1. The molecule has 9 heteroatoms. The van der Waals surface area contributed by atoms with Crippen molar-refractivity contribution < 1.29 is 32.5 Å². The summed E-state index contributed by atoms with van der Waals surface area (Å²) >= 11 is 0. The largest absolute Gasteiger partial charge is 0.390 e. The zero-order chi connectivity index (χ0) is 18.5. The number of nitrogens with one attached hydrogen (secondary N) is 1. The molecule has 1 unspecified atom stereocenters. The number of aliphatic hydroxyl groups excluding tert-OH is 2. The molecular weight excluding hydrogens is 353 g/mol. The Morgan fingerprint density at radius 2 is 1.80 bits per heavy atom. The van der Waals surface area contributed by atoms with Crippen molar-refractivity contribution in [3.05, 3.63) is 30.1 Å². The van der Waals surface area contributed by atoms with E-state index in [1.54, 1.807) is 7.11 Å². The van der Waals surface area contributed by atoms with Crippen molar-refractivity contribution in [1.29, 1.82) is 0 Å². The molecule has 2 rings (SSSR count). The number of methoxy groups -OCH3 is 1. The van der Waals surface area contributed by atoms with E-state index in [9.17, 15) is 23.0 Å². The Labute approximate surface area is 146 Å². The lowest BCUT2D eigenvalue weighted by Crippen LogP contribution is -2.40. The zero-order valence-electron chi connectivity index (χ0n) is 14.0. The minimum atomic E-state index is -3.83. The van der Waals surface area contributed by atoms with E-state index < -0.39 is 33.5 Å². The van der Waals surface area contributed by atoms with Crippen LogP contribution in [0, 0.1) is 11.2 Å². The molecule has 1 aliphatic carbocycles. The van der Waals surface area contributed by atoms with E-state index in [0.29, 0.717) is 13.2 Å². The van der Waals surface area contributed by atoms with Crippen molar-refractivity contribution in [1.82, 2.24) is 4.72 Å². The van der Waals surface area contributed by atoms with E-state index in [1.165, 1.54) is 12.1 Å². The molecule has 3 atom stereocenters. The van der Waals surface area contributed by atoms with Crippen LogP contribution in [0.4, 0.5) is 4.39 Å². The molecule has 1 saturated carbocycles. The van der Waals surface area contributed by atoms with Gasteiger partial charge in [0, 0.05) is 19.1 Å². The molecule has 7 nitrogen and oxygen atoms in total. The van der Waals surface area contributed by atoms with Gasteiger partial charge in [-0.15, -0.1) is 0 Å². The van der Waals surface area contributed by atoms with Crippen LogP contribution in [0.2, 0.25) is 0 Å². The van der Waals surface area contributed by atoms with Gasteiger partial charge in [-0.05, 0) is 37.1 Å². The Kier molecular flexibility index (Phi) is 6.89. The van der Waals surface area contributed by atoms with Crippen LogP contribution >= 0.6 is 0 Å². The molecule has 1 aromatic rings. The van der Waals surface area contributed by atoms with Gasteiger partial charge < -0.3 is 19.7 Å². The second kappa shape index (κ2) is 8.52. The Morgan fingerprint density at radius 3 is 2.36 bits per heavy atom. The molecule has 0 aromatic heterocycles. The van der Waals surface area contributed by atoms with Crippen LogP contribution in [0.3, 0.4) is 0 Å². The van der Waals surface area contributed by atoms with Crippen molar-refractivity contribution in [2.45, 2.75) is 29.9 Å². The maximum atomic E-state index is 13.0. The Hall–Kier alpha value is -1.10. The standard InChI is InChI=1S/C16H24FNO6S/c1-23-6-7-24-11-16(8-14(19)15(20)9-16)10-18-25(21,22)13-4-2-12(17)3-5-13/h2-5,14-15,18-20H,6-11H2,1H3/t14-,15+,16?. The molecule has 1 aromatic carbocycles. The van der Waals surface area contributed by atoms with Crippen LogP contribution in [0.25, 0.3) is 0 Å². The lowest BCUT2D eigenvalue weighted by atomic mass is 9.87. The Morgan fingerprint density at radius 1 is 1.20 bits per heavy atom. The van der Waals surface area contributed by atoms with Gasteiger partial charge >= 0.3 is 0 Å². The summed E-state index contributed by atoms with van der Waals surface area (Å²) in [6.45, 7) is 0.891. The summed E-state index contributed by atoms with van der Waals surface area (Å²) in [6.07, 6.45) is -1.43. The molecule has 0 aliphatic heterocycles. The average molecular weight is 377 g/mol. The van der Waals surface area contributed by atoms with Crippen molar-refractivity contribution in [3.63, 3.8) is 0 Å². The first-order chi connectivity index (χ1) is 11.8. The predicted molar refractivity (Wildman–Crippen MR) is 88.0 cm³/mol. The van der Waals surface area contributed by atoms with Crippen LogP contribution < -0.4 is 4.72 Å². The fourth-order valence-corrected chi connectivity index (χ4v) is 4.09. The van der Waals surface area contributed by atoms with Crippen molar-refractivity contribution in [2.75, 3.05) is 33.5 Å². The highest BCUT2D eigenvalue weighted by Crippen LogP contribution is 2.38. The van der Waals surface area contributed by atoms with E-state index in [0.717, 1.165) is 12.1 Å². The lowest BCUT2D eigenvalue weighted by Gasteiger charge is -2.29. The quantitative estimate of drug-likeness (QED) is 0.534. The van der Waals surface area contributed by atoms with Gasteiger partial charge in [0.1, 0.15) is 5.82 Å². The Balaban J connectivity index is 2.05. The highest BCUT2D eigenvalue weighted by atomic mass is 32.2. The summed E-state index contributed by atoms with van der Waals surface area (Å²) in [5, 5.41) is 19.7. The molecule has 0 radical (unpaired) electrons.